The lowest BCUT2D eigenvalue weighted by Gasteiger charge is -2.13. The average molecular weight is 396 g/mol. The molecule has 7 nitrogen and oxygen atoms in total. The topological polar surface area (TPSA) is 101 Å². The Kier molecular flexibility index (Phi) is 7.97. The smallest absolute Gasteiger partial charge is 0.257 e. The number of aliphatic hydroxyl groups excluding tert-OH is 1. The van der Waals surface area contributed by atoms with Crippen LogP contribution in [0.15, 0.2) is 42.7 Å². The van der Waals surface area contributed by atoms with Gasteiger partial charge in [-0.05, 0) is 30.7 Å². The van der Waals surface area contributed by atoms with Crippen molar-refractivity contribution >= 4 is 23.4 Å². The molecule has 0 saturated carbocycles. The SMILES string of the molecule is O=C(COc1ccc(Cl)c(F)c1)NCCC(O)CNC(=O)c1cccnc1. The Balaban J connectivity index is 1.61. The first kappa shape index (κ1) is 20.6. The lowest BCUT2D eigenvalue weighted by atomic mass is 10.2. The summed E-state index contributed by atoms with van der Waals surface area (Å²) in [6, 6.07) is 7.13. The van der Waals surface area contributed by atoms with Gasteiger partial charge < -0.3 is 20.5 Å². The van der Waals surface area contributed by atoms with Crippen molar-refractivity contribution in [2.75, 3.05) is 19.7 Å². The summed E-state index contributed by atoms with van der Waals surface area (Å²) >= 11 is 5.56. The molecule has 2 rings (SSSR count). The number of hydrogen-bond acceptors (Lipinski definition) is 5. The number of benzene rings is 1. The minimum absolute atomic E-state index is 0.0311. The van der Waals surface area contributed by atoms with E-state index in [0.29, 0.717) is 5.56 Å². The number of carbonyl (C=O) groups excluding carboxylic acids is 2. The molecule has 2 aromatic rings. The van der Waals surface area contributed by atoms with Crippen molar-refractivity contribution in [2.45, 2.75) is 12.5 Å². The highest BCUT2D eigenvalue weighted by molar-refractivity contribution is 6.30. The summed E-state index contributed by atoms with van der Waals surface area (Å²) in [4.78, 5) is 27.3. The van der Waals surface area contributed by atoms with Crippen molar-refractivity contribution in [1.29, 1.82) is 0 Å². The van der Waals surface area contributed by atoms with E-state index in [1.165, 1.54) is 18.3 Å². The lowest BCUT2D eigenvalue weighted by Crippen LogP contribution is -2.36. The van der Waals surface area contributed by atoms with Gasteiger partial charge in [-0.1, -0.05) is 11.6 Å². The zero-order chi connectivity index (χ0) is 19.6. The van der Waals surface area contributed by atoms with E-state index in [-0.39, 0.29) is 42.8 Å². The summed E-state index contributed by atoms with van der Waals surface area (Å²) in [5, 5.41) is 15.0. The number of aliphatic hydroxyl groups is 1. The van der Waals surface area contributed by atoms with Crippen LogP contribution in [0.5, 0.6) is 5.75 Å². The molecule has 27 heavy (non-hydrogen) atoms. The number of aromatic nitrogens is 1. The molecule has 3 N–H and O–H groups in total. The van der Waals surface area contributed by atoms with Crippen LogP contribution in [0, 0.1) is 5.82 Å². The summed E-state index contributed by atoms with van der Waals surface area (Å²) in [5.74, 6) is -1.21. The van der Waals surface area contributed by atoms with E-state index in [9.17, 15) is 19.1 Å². The quantitative estimate of drug-likeness (QED) is 0.598. The summed E-state index contributed by atoms with van der Waals surface area (Å²) in [7, 11) is 0. The zero-order valence-electron chi connectivity index (χ0n) is 14.3. The fourth-order valence-electron chi connectivity index (χ4n) is 2.06. The molecule has 1 unspecified atom stereocenters. The Morgan fingerprint density at radius 3 is 2.81 bits per heavy atom. The van der Waals surface area contributed by atoms with E-state index in [2.05, 4.69) is 15.6 Å². The van der Waals surface area contributed by atoms with Gasteiger partial charge in [-0.25, -0.2) is 4.39 Å². The van der Waals surface area contributed by atoms with Crippen molar-refractivity contribution < 1.29 is 23.8 Å². The Morgan fingerprint density at radius 2 is 2.11 bits per heavy atom. The molecule has 0 aliphatic rings. The normalized spacial score (nSPS) is 11.5. The zero-order valence-corrected chi connectivity index (χ0v) is 15.1. The molecule has 0 aliphatic heterocycles. The first-order valence-corrected chi connectivity index (χ1v) is 8.54. The third-order valence-corrected chi connectivity index (χ3v) is 3.79. The molecular formula is C18H19ClFN3O4. The molecule has 9 heteroatoms. The number of nitrogens with one attached hydrogen (secondary N) is 2. The minimum Gasteiger partial charge on any atom is -0.484 e. The number of rotatable bonds is 9. The molecule has 144 valence electrons. The molecule has 1 aromatic heterocycles. The second kappa shape index (κ2) is 10.4. The van der Waals surface area contributed by atoms with Gasteiger partial charge in [-0.2, -0.15) is 0 Å². The van der Waals surface area contributed by atoms with Gasteiger partial charge in [0.15, 0.2) is 6.61 Å². The predicted molar refractivity (Wildman–Crippen MR) is 97.1 cm³/mol. The molecule has 0 aliphatic carbocycles. The number of amides is 2. The van der Waals surface area contributed by atoms with E-state index >= 15 is 0 Å². The van der Waals surface area contributed by atoms with Gasteiger partial charge in [-0.15, -0.1) is 0 Å². The van der Waals surface area contributed by atoms with Crippen LogP contribution in [0.1, 0.15) is 16.8 Å². The molecule has 0 spiro atoms. The molecular weight excluding hydrogens is 377 g/mol. The first-order chi connectivity index (χ1) is 13.0. The largest absolute Gasteiger partial charge is 0.484 e. The van der Waals surface area contributed by atoms with Crippen molar-refractivity contribution in [3.05, 3.63) is 59.1 Å². The maximum atomic E-state index is 13.3. The fourth-order valence-corrected chi connectivity index (χ4v) is 2.17. The van der Waals surface area contributed by atoms with Crippen LogP contribution in [-0.4, -0.2) is 47.7 Å². The van der Waals surface area contributed by atoms with Gasteiger partial charge in [0, 0.05) is 31.5 Å². The molecule has 0 bridgehead atoms. The second-order valence-electron chi connectivity index (χ2n) is 5.61. The maximum absolute atomic E-state index is 13.3. The van der Waals surface area contributed by atoms with Crippen molar-refractivity contribution in [2.24, 2.45) is 0 Å². The van der Waals surface area contributed by atoms with Crippen LogP contribution in [0.2, 0.25) is 5.02 Å². The Hall–Kier alpha value is -2.71. The number of nitrogens with zero attached hydrogens (tertiary/aromatic N) is 1. The van der Waals surface area contributed by atoms with Crippen LogP contribution in [-0.2, 0) is 4.79 Å². The molecule has 0 fully saturated rings. The van der Waals surface area contributed by atoms with Gasteiger partial charge >= 0.3 is 0 Å². The van der Waals surface area contributed by atoms with Gasteiger partial charge in [-0.3, -0.25) is 14.6 Å². The highest BCUT2D eigenvalue weighted by Crippen LogP contribution is 2.20. The van der Waals surface area contributed by atoms with E-state index in [1.54, 1.807) is 18.3 Å². The van der Waals surface area contributed by atoms with E-state index in [0.717, 1.165) is 6.07 Å². The highest BCUT2D eigenvalue weighted by atomic mass is 35.5. The minimum atomic E-state index is -0.822. The second-order valence-corrected chi connectivity index (χ2v) is 6.02. The summed E-state index contributed by atoms with van der Waals surface area (Å²) < 4.78 is 18.4. The van der Waals surface area contributed by atoms with Crippen LogP contribution >= 0.6 is 11.6 Å². The lowest BCUT2D eigenvalue weighted by molar-refractivity contribution is -0.123. The summed E-state index contributed by atoms with van der Waals surface area (Å²) in [6.07, 6.45) is 2.40. The molecule has 1 heterocycles. The molecule has 0 saturated heterocycles. The Morgan fingerprint density at radius 1 is 1.30 bits per heavy atom. The molecule has 1 aromatic carbocycles. The van der Waals surface area contributed by atoms with Crippen LogP contribution in [0.4, 0.5) is 4.39 Å². The molecule has 1 atom stereocenters. The van der Waals surface area contributed by atoms with E-state index in [4.69, 9.17) is 16.3 Å². The summed E-state index contributed by atoms with van der Waals surface area (Å²) in [5.41, 5.74) is 0.397. The van der Waals surface area contributed by atoms with Gasteiger partial charge in [0.2, 0.25) is 0 Å². The molecule has 2 amide bonds. The number of pyridine rings is 1. The number of hydrogen-bond donors (Lipinski definition) is 3. The van der Waals surface area contributed by atoms with Crippen LogP contribution in [0.3, 0.4) is 0 Å². The number of halogens is 2. The van der Waals surface area contributed by atoms with Crippen LogP contribution in [0.25, 0.3) is 0 Å². The number of ether oxygens (including phenoxy) is 1. The molecule has 0 radical (unpaired) electrons. The van der Waals surface area contributed by atoms with Crippen molar-refractivity contribution in [3.63, 3.8) is 0 Å². The van der Waals surface area contributed by atoms with Gasteiger partial charge in [0.1, 0.15) is 11.6 Å². The predicted octanol–water partition coefficient (Wildman–Crippen LogP) is 1.55. The van der Waals surface area contributed by atoms with E-state index in [1.807, 2.05) is 0 Å². The average Bonchev–Trinajstić information content (AvgIpc) is 2.67. The van der Waals surface area contributed by atoms with Crippen molar-refractivity contribution in [3.8, 4) is 5.75 Å². The van der Waals surface area contributed by atoms with Gasteiger partial charge in [0.05, 0.1) is 16.7 Å². The number of carbonyl (C=O) groups is 2. The monoisotopic (exact) mass is 395 g/mol. The maximum Gasteiger partial charge on any atom is 0.257 e. The van der Waals surface area contributed by atoms with Gasteiger partial charge in [0.25, 0.3) is 11.8 Å². The fraction of sp³-hybridized carbons (Fsp3) is 0.278. The summed E-state index contributed by atoms with van der Waals surface area (Å²) in [6.45, 7) is -0.0554. The van der Waals surface area contributed by atoms with Crippen LogP contribution < -0.4 is 15.4 Å². The highest BCUT2D eigenvalue weighted by Gasteiger charge is 2.10. The standard InChI is InChI=1S/C18H19ClFN3O4/c19-15-4-3-14(8-16(15)20)27-11-17(25)22-7-5-13(24)10-23-18(26)12-2-1-6-21-9-12/h1-4,6,8-9,13,24H,5,7,10-11H2,(H,22,25)(H,23,26). The van der Waals surface area contributed by atoms with E-state index < -0.39 is 17.8 Å². The third kappa shape index (κ3) is 7.20. The Bertz CT molecular complexity index is 776. The third-order valence-electron chi connectivity index (χ3n) is 3.48. The van der Waals surface area contributed by atoms with Crippen molar-refractivity contribution in [1.82, 2.24) is 15.6 Å². The first-order valence-electron chi connectivity index (χ1n) is 8.16. The Labute approximate surface area is 160 Å².